The summed E-state index contributed by atoms with van der Waals surface area (Å²) in [5.74, 6) is 0. The zero-order valence-corrected chi connectivity index (χ0v) is 14.8. The molecule has 0 bridgehead atoms. The maximum Gasteiger partial charge on any atom is 0.157 e. The number of rotatable bonds is 5. The van der Waals surface area contributed by atoms with Crippen LogP contribution in [0, 0.1) is 5.41 Å². The van der Waals surface area contributed by atoms with E-state index in [-0.39, 0.29) is 0 Å². The Morgan fingerprint density at radius 1 is 1.39 bits per heavy atom. The normalized spacial score (nSPS) is 21.2. The number of hydrogen-bond acceptors (Lipinski definition) is 4. The first-order chi connectivity index (χ1) is 11.0. The van der Waals surface area contributed by atoms with E-state index in [1.165, 1.54) is 18.4 Å². The number of nitrogens with one attached hydrogen (secondary N) is 2. The zero-order chi connectivity index (χ0) is 16.4. The smallest absolute Gasteiger partial charge is 0.157 e. The summed E-state index contributed by atoms with van der Waals surface area (Å²) in [6.45, 7) is 12.0. The van der Waals surface area contributed by atoms with Crippen molar-refractivity contribution in [2.45, 2.75) is 59.2 Å². The Hall–Kier alpha value is -1.46. The van der Waals surface area contributed by atoms with Crippen LogP contribution in [0.3, 0.4) is 0 Å². The molecular weight excluding hydrogens is 286 g/mol. The lowest BCUT2D eigenvalue weighted by Gasteiger charge is -2.39. The van der Waals surface area contributed by atoms with Crippen LogP contribution in [-0.2, 0) is 6.54 Å². The lowest BCUT2D eigenvalue weighted by atomic mass is 9.77. The number of aromatic nitrogens is 3. The van der Waals surface area contributed by atoms with Gasteiger partial charge in [0, 0.05) is 36.8 Å². The highest BCUT2D eigenvalue weighted by atomic mass is 15.3. The van der Waals surface area contributed by atoms with Gasteiger partial charge in [-0.1, -0.05) is 13.8 Å². The molecular formula is C18H29N5. The van der Waals surface area contributed by atoms with Gasteiger partial charge in [0.15, 0.2) is 5.65 Å². The molecule has 2 N–H and O–H groups in total. The van der Waals surface area contributed by atoms with Crippen LogP contribution >= 0.6 is 0 Å². The Balaban J connectivity index is 1.61. The predicted octanol–water partition coefficient (Wildman–Crippen LogP) is 2.88. The van der Waals surface area contributed by atoms with Gasteiger partial charge >= 0.3 is 0 Å². The lowest BCUT2D eigenvalue weighted by molar-refractivity contribution is 0.176. The molecule has 1 unspecified atom stereocenters. The molecule has 0 spiro atoms. The van der Waals surface area contributed by atoms with Crippen LogP contribution in [0.5, 0.6) is 0 Å². The van der Waals surface area contributed by atoms with E-state index in [1.54, 1.807) is 0 Å². The van der Waals surface area contributed by atoms with Crippen molar-refractivity contribution in [3.63, 3.8) is 0 Å². The van der Waals surface area contributed by atoms with Crippen LogP contribution < -0.4 is 10.6 Å². The van der Waals surface area contributed by atoms with Gasteiger partial charge in [-0.05, 0) is 50.3 Å². The molecule has 0 aromatic carbocycles. The quantitative estimate of drug-likeness (QED) is 0.891. The Morgan fingerprint density at radius 2 is 2.22 bits per heavy atom. The molecule has 0 amide bonds. The van der Waals surface area contributed by atoms with Gasteiger partial charge in [-0.25, -0.2) is 9.67 Å². The molecule has 2 aromatic rings. The third-order valence-electron chi connectivity index (χ3n) is 4.99. The van der Waals surface area contributed by atoms with Gasteiger partial charge in [0.25, 0.3) is 0 Å². The minimum absolute atomic E-state index is 0.337. The Labute approximate surface area is 138 Å². The van der Waals surface area contributed by atoms with Gasteiger partial charge in [-0.15, -0.1) is 0 Å². The molecule has 3 heterocycles. The second kappa shape index (κ2) is 6.57. The number of pyridine rings is 1. The van der Waals surface area contributed by atoms with E-state index in [0.717, 1.165) is 30.7 Å². The van der Waals surface area contributed by atoms with E-state index in [2.05, 4.69) is 54.5 Å². The fourth-order valence-corrected chi connectivity index (χ4v) is 3.44. The van der Waals surface area contributed by atoms with Gasteiger partial charge in [-0.2, -0.15) is 5.10 Å². The molecule has 0 aliphatic carbocycles. The highest BCUT2D eigenvalue weighted by Gasteiger charge is 2.31. The van der Waals surface area contributed by atoms with Gasteiger partial charge in [0.1, 0.15) is 0 Å². The molecule has 1 aliphatic rings. The number of hydrogen-bond donors (Lipinski definition) is 2. The van der Waals surface area contributed by atoms with Gasteiger partial charge in [-0.3, -0.25) is 0 Å². The highest BCUT2D eigenvalue weighted by molar-refractivity contribution is 5.75. The minimum atomic E-state index is 0.337. The first-order valence-corrected chi connectivity index (χ1v) is 8.73. The number of nitrogens with zero attached hydrogens (tertiary/aromatic N) is 3. The first kappa shape index (κ1) is 16.4. The fraction of sp³-hybridized carbons (Fsp3) is 0.667. The van der Waals surface area contributed by atoms with Crippen molar-refractivity contribution in [3.05, 3.63) is 24.0 Å². The molecule has 1 saturated heterocycles. The molecule has 23 heavy (non-hydrogen) atoms. The van der Waals surface area contributed by atoms with Crippen molar-refractivity contribution in [3.8, 4) is 0 Å². The third-order valence-corrected chi connectivity index (χ3v) is 4.99. The Morgan fingerprint density at radius 3 is 2.96 bits per heavy atom. The fourth-order valence-electron chi connectivity index (χ4n) is 3.44. The average Bonchev–Trinajstić information content (AvgIpc) is 2.92. The summed E-state index contributed by atoms with van der Waals surface area (Å²) in [6.07, 6.45) is 6.46. The predicted molar refractivity (Wildman–Crippen MR) is 94.4 cm³/mol. The molecule has 1 aliphatic heterocycles. The van der Waals surface area contributed by atoms with E-state index in [0.29, 0.717) is 17.5 Å². The van der Waals surface area contributed by atoms with Crippen molar-refractivity contribution in [1.82, 2.24) is 25.4 Å². The zero-order valence-electron chi connectivity index (χ0n) is 14.8. The molecule has 126 valence electrons. The van der Waals surface area contributed by atoms with E-state index < -0.39 is 0 Å². The molecule has 3 rings (SSSR count). The van der Waals surface area contributed by atoms with Crippen molar-refractivity contribution in [2.24, 2.45) is 5.41 Å². The summed E-state index contributed by atoms with van der Waals surface area (Å²) in [4.78, 5) is 4.60. The molecule has 5 heteroatoms. The lowest BCUT2D eigenvalue weighted by Crippen LogP contribution is -2.51. The molecule has 0 saturated carbocycles. The summed E-state index contributed by atoms with van der Waals surface area (Å²) in [5, 5.41) is 12.8. The minimum Gasteiger partial charge on any atom is -0.312 e. The number of fused-ring (bicyclic) bond motifs is 1. The standard InChI is InChI=1S/C18H29N5/c1-13(2)23-17-15(11-22-23)8-14(10-21-17)9-19-12-16-18(3,4)6-5-7-20-16/h8,10-11,13,16,19-20H,5-7,9,12H2,1-4H3. The second-order valence-corrected chi connectivity index (χ2v) is 7.67. The molecule has 1 atom stereocenters. The van der Waals surface area contributed by atoms with Gasteiger partial charge in [0.05, 0.1) is 6.20 Å². The van der Waals surface area contributed by atoms with Crippen LogP contribution in [0.4, 0.5) is 0 Å². The largest absolute Gasteiger partial charge is 0.312 e. The van der Waals surface area contributed by atoms with Crippen LogP contribution in [0.2, 0.25) is 0 Å². The Kier molecular flexibility index (Phi) is 4.69. The van der Waals surface area contributed by atoms with E-state index in [9.17, 15) is 0 Å². The van der Waals surface area contributed by atoms with Gasteiger partial charge in [0.2, 0.25) is 0 Å². The van der Waals surface area contributed by atoms with Crippen molar-refractivity contribution >= 4 is 11.0 Å². The second-order valence-electron chi connectivity index (χ2n) is 7.67. The molecule has 5 nitrogen and oxygen atoms in total. The van der Waals surface area contributed by atoms with Crippen molar-refractivity contribution in [2.75, 3.05) is 13.1 Å². The van der Waals surface area contributed by atoms with Crippen LogP contribution in [0.1, 0.15) is 52.1 Å². The van der Waals surface area contributed by atoms with Gasteiger partial charge < -0.3 is 10.6 Å². The SMILES string of the molecule is CC(C)n1ncc2cc(CNCC3NCCCC3(C)C)cnc21. The average molecular weight is 315 g/mol. The van der Waals surface area contributed by atoms with Crippen LogP contribution in [-0.4, -0.2) is 33.9 Å². The van der Waals surface area contributed by atoms with Crippen LogP contribution in [0.15, 0.2) is 18.5 Å². The summed E-state index contributed by atoms with van der Waals surface area (Å²) in [6, 6.07) is 3.07. The van der Waals surface area contributed by atoms with E-state index in [1.807, 2.05) is 17.1 Å². The van der Waals surface area contributed by atoms with Crippen molar-refractivity contribution in [1.29, 1.82) is 0 Å². The maximum absolute atomic E-state index is 4.60. The van der Waals surface area contributed by atoms with Crippen LogP contribution in [0.25, 0.3) is 11.0 Å². The maximum atomic E-state index is 4.60. The highest BCUT2D eigenvalue weighted by Crippen LogP contribution is 2.29. The summed E-state index contributed by atoms with van der Waals surface area (Å²) in [7, 11) is 0. The number of piperidine rings is 1. The monoisotopic (exact) mass is 315 g/mol. The molecule has 2 aromatic heterocycles. The summed E-state index contributed by atoms with van der Waals surface area (Å²) >= 11 is 0. The summed E-state index contributed by atoms with van der Waals surface area (Å²) < 4.78 is 1.97. The first-order valence-electron chi connectivity index (χ1n) is 8.73. The van der Waals surface area contributed by atoms with Crippen molar-refractivity contribution < 1.29 is 0 Å². The topological polar surface area (TPSA) is 54.8 Å². The molecule has 1 fully saturated rings. The Bertz CT molecular complexity index is 658. The summed E-state index contributed by atoms with van der Waals surface area (Å²) in [5.41, 5.74) is 2.56. The third kappa shape index (κ3) is 3.56. The molecule has 0 radical (unpaired) electrons. The van der Waals surface area contributed by atoms with E-state index in [4.69, 9.17) is 0 Å². The van der Waals surface area contributed by atoms with E-state index >= 15 is 0 Å².